The fraction of sp³-hybridized carbons (Fsp3) is 0.650. The normalized spacial score (nSPS) is 23.2. The number of likely N-dealkylation sites (tertiary alicyclic amines) is 1. The molecule has 2 unspecified atom stereocenters. The second-order valence-corrected chi connectivity index (χ2v) is 7.27. The molecule has 152 valence electrons. The number of hydrogen-bond donors (Lipinski definition) is 1. The lowest BCUT2D eigenvalue weighted by Crippen LogP contribution is -2.42. The van der Waals surface area contributed by atoms with Crippen LogP contribution in [-0.2, 0) is 4.74 Å². The summed E-state index contributed by atoms with van der Waals surface area (Å²) >= 11 is 0. The molecule has 2 fully saturated rings. The highest BCUT2D eigenvalue weighted by Gasteiger charge is 2.42. The van der Waals surface area contributed by atoms with Crippen LogP contribution in [0.15, 0.2) is 29.3 Å². The van der Waals surface area contributed by atoms with Crippen molar-refractivity contribution in [1.29, 1.82) is 0 Å². The van der Waals surface area contributed by atoms with Crippen molar-refractivity contribution in [1.82, 2.24) is 10.2 Å². The predicted octanol–water partition coefficient (Wildman–Crippen LogP) is 3.16. The first-order valence-corrected chi connectivity index (χ1v) is 9.56. The van der Waals surface area contributed by atoms with Gasteiger partial charge in [-0.1, -0.05) is 0 Å². The number of hydrogen-bond acceptors (Lipinski definition) is 4. The van der Waals surface area contributed by atoms with E-state index in [1.807, 2.05) is 31.2 Å². The minimum absolute atomic E-state index is 0. The van der Waals surface area contributed by atoms with Gasteiger partial charge in [-0.25, -0.2) is 4.99 Å². The van der Waals surface area contributed by atoms with Gasteiger partial charge in [0.05, 0.1) is 20.3 Å². The molecule has 0 aliphatic carbocycles. The number of halogens is 1. The lowest BCUT2D eigenvalue weighted by atomic mass is 9.87. The summed E-state index contributed by atoms with van der Waals surface area (Å²) < 4.78 is 16.8. The third kappa shape index (κ3) is 5.88. The van der Waals surface area contributed by atoms with Crippen molar-refractivity contribution < 1.29 is 14.2 Å². The largest absolute Gasteiger partial charge is 0.497 e. The molecule has 27 heavy (non-hydrogen) atoms. The minimum atomic E-state index is 0. The quantitative estimate of drug-likeness (QED) is 0.378. The zero-order chi connectivity index (χ0) is 18.4. The van der Waals surface area contributed by atoms with E-state index in [4.69, 9.17) is 19.2 Å². The van der Waals surface area contributed by atoms with Crippen LogP contribution >= 0.6 is 24.0 Å². The summed E-state index contributed by atoms with van der Waals surface area (Å²) in [6.07, 6.45) is 2.36. The number of nitrogens with zero attached hydrogens (tertiary/aromatic N) is 2. The summed E-state index contributed by atoms with van der Waals surface area (Å²) in [4.78, 5) is 7.19. The Labute approximate surface area is 179 Å². The van der Waals surface area contributed by atoms with Crippen molar-refractivity contribution in [2.45, 2.75) is 32.8 Å². The van der Waals surface area contributed by atoms with Gasteiger partial charge in [0.25, 0.3) is 0 Å². The number of rotatable bonds is 6. The molecular formula is C20H32IN3O3. The van der Waals surface area contributed by atoms with Crippen LogP contribution < -0.4 is 14.8 Å². The van der Waals surface area contributed by atoms with Crippen LogP contribution in [0.3, 0.4) is 0 Å². The number of ether oxygens (including phenoxy) is 3. The molecule has 0 bridgehead atoms. The van der Waals surface area contributed by atoms with Gasteiger partial charge in [0.15, 0.2) is 5.96 Å². The van der Waals surface area contributed by atoms with Crippen molar-refractivity contribution in [3.63, 3.8) is 0 Å². The molecule has 3 rings (SSSR count). The Morgan fingerprint density at radius 1 is 1.30 bits per heavy atom. The minimum Gasteiger partial charge on any atom is -0.497 e. The number of methoxy groups -OCH3 is 1. The lowest BCUT2D eigenvalue weighted by Gasteiger charge is -2.25. The maximum absolute atomic E-state index is 5.97. The van der Waals surface area contributed by atoms with Crippen LogP contribution in [0.2, 0.25) is 0 Å². The van der Waals surface area contributed by atoms with Crippen molar-refractivity contribution in [3.05, 3.63) is 24.3 Å². The summed E-state index contributed by atoms with van der Waals surface area (Å²) in [6.45, 7) is 9.51. The van der Waals surface area contributed by atoms with Gasteiger partial charge in [0, 0.05) is 31.7 Å². The molecular weight excluding hydrogens is 457 g/mol. The maximum atomic E-state index is 5.97. The standard InChI is InChI=1S/C20H31N3O3.HI/c1-4-21-19(23-11-9-20(14-23)10-12-25-15-20)22-13-16(2)26-18-7-5-17(24-3)6-8-18;/h5-8,16H,4,9-15H2,1-3H3,(H,21,22);1H. The highest BCUT2D eigenvalue weighted by molar-refractivity contribution is 14.0. The molecule has 0 saturated carbocycles. The first kappa shape index (κ1) is 22.1. The molecule has 2 atom stereocenters. The first-order valence-electron chi connectivity index (χ1n) is 9.56. The fourth-order valence-electron chi connectivity index (χ4n) is 3.65. The topological polar surface area (TPSA) is 55.3 Å². The van der Waals surface area contributed by atoms with E-state index in [0.29, 0.717) is 12.0 Å². The van der Waals surface area contributed by atoms with E-state index in [2.05, 4.69) is 17.1 Å². The molecule has 1 N–H and O–H groups in total. The molecule has 6 nitrogen and oxygen atoms in total. The highest BCUT2D eigenvalue weighted by atomic mass is 127. The summed E-state index contributed by atoms with van der Waals surface area (Å²) in [6, 6.07) is 7.66. The molecule has 2 saturated heterocycles. The molecule has 0 aromatic heterocycles. The van der Waals surface area contributed by atoms with E-state index in [1.165, 1.54) is 12.8 Å². The Morgan fingerprint density at radius 2 is 2.04 bits per heavy atom. The third-order valence-electron chi connectivity index (χ3n) is 5.15. The molecule has 2 heterocycles. The monoisotopic (exact) mass is 489 g/mol. The van der Waals surface area contributed by atoms with Crippen LogP contribution in [0.25, 0.3) is 0 Å². The highest BCUT2D eigenvalue weighted by Crippen LogP contribution is 2.38. The molecule has 2 aliphatic heterocycles. The van der Waals surface area contributed by atoms with E-state index < -0.39 is 0 Å². The van der Waals surface area contributed by atoms with E-state index in [0.717, 1.165) is 50.3 Å². The van der Waals surface area contributed by atoms with Gasteiger partial charge < -0.3 is 24.4 Å². The van der Waals surface area contributed by atoms with Crippen molar-refractivity contribution in [2.75, 3.05) is 46.5 Å². The smallest absolute Gasteiger partial charge is 0.194 e. The van der Waals surface area contributed by atoms with Crippen LogP contribution in [-0.4, -0.2) is 63.5 Å². The fourth-order valence-corrected chi connectivity index (χ4v) is 3.65. The Morgan fingerprint density at radius 3 is 2.67 bits per heavy atom. The van der Waals surface area contributed by atoms with Crippen LogP contribution in [0.1, 0.15) is 26.7 Å². The second kappa shape index (κ2) is 10.4. The Balaban J connectivity index is 0.00000261. The zero-order valence-electron chi connectivity index (χ0n) is 16.6. The third-order valence-corrected chi connectivity index (χ3v) is 5.15. The van der Waals surface area contributed by atoms with E-state index in [9.17, 15) is 0 Å². The van der Waals surface area contributed by atoms with Gasteiger partial charge in [-0.05, 0) is 51.0 Å². The summed E-state index contributed by atoms with van der Waals surface area (Å²) in [7, 11) is 1.66. The Kier molecular flexibility index (Phi) is 8.47. The average molecular weight is 489 g/mol. The van der Waals surface area contributed by atoms with Crippen LogP contribution in [0, 0.1) is 5.41 Å². The van der Waals surface area contributed by atoms with Gasteiger partial charge >= 0.3 is 0 Å². The second-order valence-electron chi connectivity index (χ2n) is 7.27. The zero-order valence-corrected chi connectivity index (χ0v) is 18.9. The number of nitrogens with one attached hydrogen (secondary N) is 1. The molecule has 1 spiro atoms. The van der Waals surface area contributed by atoms with Gasteiger partial charge in [0.2, 0.25) is 0 Å². The van der Waals surface area contributed by atoms with Crippen molar-refractivity contribution in [3.8, 4) is 11.5 Å². The average Bonchev–Trinajstić information content (AvgIpc) is 3.29. The summed E-state index contributed by atoms with van der Waals surface area (Å²) in [5.74, 6) is 2.65. The van der Waals surface area contributed by atoms with E-state index in [-0.39, 0.29) is 30.1 Å². The first-order chi connectivity index (χ1) is 12.6. The number of guanidine groups is 1. The van der Waals surface area contributed by atoms with E-state index >= 15 is 0 Å². The van der Waals surface area contributed by atoms with Crippen molar-refractivity contribution in [2.24, 2.45) is 10.4 Å². The summed E-state index contributed by atoms with van der Waals surface area (Å²) in [5, 5.41) is 3.43. The predicted molar refractivity (Wildman–Crippen MR) is 119 cm³/mol. The molecule has 0 amide bonds. The SMILES string of the molecule is CCNC(=NCC(C)Oc1ccc(OC)cc1)N1CCC2(CCOC2)C1.I. The summed E-state index contributed by atoms with van der Waals surface area (Å²) in [5.41, 5.74) is 0.335. The Hall–Kier alpha value is -1.22. The molecule has 2 aliphatic rings. The molecule has 1 aromatic carbocycles. The van der Waals surface area contributed by atoms with Crippen molar-refractivity contribution >= 4 is 29.9 Å². The van der Waals surface area contributed by atoms with Crippen LogP contribution in [0.4, 0.5) is 0 Å². The maximum Gasteiger partial charge on any atom is 0.194 e. The Bertz CT molecular complexity index is 603. The lowest BCUT2D eigenvalue weighted by molar-refractivity contribution is 0.156. The van der Waals surface area contributed by atoms with Gasteiger partial charge in [-0.15, -0.1) is 24.0 Å². The van der Waals surface area contributed by atoms with Gasteiger partial charge in [-0.3, -0.25) is 0 Å². The van der Waals surface area contributed by atoms with Crippen LogP contribution in [0.5, 0.6) is 11.5 Å². The molecule has 0 radical (unpaired) electrons. The van der Waals surface area contributed by atoms with Gasteiger partial charge in [0.1, 0.15) is 17.6 Å². The molecule has 7 heteroatoms. The van der Waals surface area contributed by atoms with E-state index in [1.54, 1.807) is 7.11 Å². The van der Waals surface area contributed by atoms with Gasteiger partial charge in [-0.2, -0.15) is 0 Å². The number of benzene rings is 1. The molecule has 1 aromatic rings. The number of aliphatic imine (C=N–C) groups is 1.